The maximum atomic E-state index is 6.85. The second-order valence-electron chi connectivity index (χ2n) is 12.0. The molecular weight excluding hydrogens is 592 g/mol. The zero-order chi connectivity index (χ0) is 31.6. The zero-order valence-corrected chi connectivity index (χ0v) is 25.6. The fourth-order valence-corrected chi connectivity index (χ4v) is 6.90. The van der Waals surface area contributed by atoms with Crippen LogP contribution >= 0.6 is 0 Å². The number of para-hydroxylation sites is 2. The van der Waals surface area contributed by atoms with Crippen molar-refractivity contribution in [3.8, 4) is 45.3 Å². The van der Waals surface area contributed by atoms with E-state index in [2.05, 4.69) is 59.9 Å². The molecule has 0 radical (unpaired) electrons. The first kappa shape index (κ1) is 26.7. The van der Waals surface area contributed by atoms with E-state index in [0.29, 0.717) is 17.5 Å². The van der Waals surface area contributed by atoms with Gasteiger partial charge in [0, 0.05) is 55.9 Å². The summed E-state index contributed by atoms with van der Waals surface area (Å²) in [7, 11) is 0. The van der Waals surface area contributed by atoms with E-state index in [0.717, 1.165) is 83.8 Å². The lowest BCUT2D eigenvalue weighted by atomic mass is 9.95. The second kappa shape index (κ2) is 10.5. The average Bonchev–Trinajstić information content (AvgIpc) is 3.73. The lowest BCUT2D eigenvalue weighted by molar-refractivity contribution is 0.664. The lowest BCUT2D eigenvalue weighted by Crippen LogP contribution is -2.09. The van der Waals surface area contributed by atoms with Crippen LogP contribution in [-0.4, -0.2) is 15.0 Å². The molecule has 1 N–H and O–H groups in total. The van der Waals surface area contributed by atoms with Crippen LogP contribution < -0.4 is 5.32 Å². The van der Waals surface area contributed by atoms with Gasteiger partial charge in [-0.05, 0) is 53.7 Å². The Bertz CT molecular complexity index is 2670. The lowest BCUT2D eigenvalue weighted by Gasteiger charge is -2.12. The summed E-state index contributed by atoms with van der Waals surface area (Å²) in [6, 6.07) is 43.2. The predicted octanol–water partition coefficient (Wildman–Crippen LogP) is 10.4. The highest BCUT2D eigenvalue weighted by Crippen LogP contribution is 2.45. The third-order valence-electron chi connectivity index (χ3n) is 9.19. The third kappa shape index (κ3) is 4.16. The predicted molar refractivity (Wildman–Crippen MR) is 192 cm³/mol. The van der Waals surface area contributed by atoms with Crippen molar-refractivity contribution in [1.82, 2.24) is 20.3 Å². The van der Waals surface area contributed by atoms with Gasteiger partial charge in [-0.3, -0.25) is 0 Å². The van der Waals surface area contributed by atoms with Gasteiger partial charge in [0.25, 0.3) is 0 Å². The second-order valence-corrected chi connectivity index (χ2v) is 12.0. The minimum absolute atomic E-state index is 0.583. The quantitative estimate of drug-likeness (QED) is 0.211. The fraction of sp³-hybridized carbons (Fsp3) is 0.0238. The molecule has 0 saturated carbocycles. The van der Waals surface area contributed by atoms with Crippen LogP contribution in [-0.2, 0) is 6.54 Å². The first-order chi connectivity index (χ1) is 23.8. The van der Waals surface area contributed by atoms with Crippen molar-refractivity contribution in [2.24, 2.45) is 0 Å². The fourth-order valence-electron chi connectivity index (χ4n) is 6.90. The van der Waals surface area contributed by atoms with E-state index in [1.807, 2.05) is 85.1 Å². The molecule has 9 aromatic rings. The Kier molecular flexibility index (Phi) is 5.84. The van der Waals surface area contributed by atoms with E-state index < -0.39 is 0 Å². The highest BCUT2D eigenvalue weighted by Gasteiger charge is 2.23. The molecule has 0 bridgehead atoms. The molecule has 10 rings (SSSR count). The number of rotatable bonds is 4. The van der Waals surface area contributed by atoms with E-state index >= 15 is 0 Å². The summed E-state index contributed by atoms with van der Waals surface area (Å²) in [4.78, 5) is 15.1. The van der Waals surface area contributed by atoms with E-state index in [-0.39, 0.29) is 0 Å². The molecule has 48 heavy (non-hydrogen) atoms. The van der Waals surface area contributed by atoms with Gasteiger partial charge < -0.3 is 14.2 Å². The number of fused-ring (bicyclic) bond motifs is 7. The van der Waals surface area contributed by atoms with Gasteiger partial charge in [0.2, 0.25) is 0 Å². The van der Waals surface area contributed by atoms with E-state index in [4.69, 9.17) is 23.8 Å². The largest absolute Gasteiger partial charge is 0.455 e. The molecule has 0 atom stereocenters. The standard InChI is InChI=1S/C42H26N4O2/c1-3-10-25(11-4-1)40-44-41(26-12-5-2-6-13-26)46-42(45-40)33-19-18-32(31-16-9-15-30-29-14-7-8-17-35(29)47-38(30)31)39-37(33)34-22-28-24-43-21-20-27(28)23-36(34)48-39/h1-23,43H,24H2. The van der Waals surface area contributed by atoms with Crippen molar-refractivity contribution in [2.45, 2.75) is 6.54 Å². The minimum atomic E-state index is 0.583. The third-order valence-corrected chi connectivity index (χ3v) is 9.19. The first-order valence-corrected chi connectivity index (χ1v) is 16.0. The molecule has 0 spiro atoms. The molecule has 1 aliphatic heterocycles. The molecule has 0 amide bonds. The maximum Gasteiger partial charge on any atom is 0.164 e. The van der Waals surface area contributed by atoms with Crippen LogP contribution in [0.25, 0.3) is 95.2 Å². The number of hydrogen-bond donors (Lipinski definition) is 1. The zero-order valence-electron chi connectivity index (χ0n) is 25.6. The molecule has 0 unspecified atom stereocenters. The Morgan fingerprint density at radius 1 is 0.500 bits per heavy atom. The van der Waals surface area contributed by atoms with Gasteiger partial charge in [-0.15, -0.1) is 0 Å². The molecule has 226 valence electrons. The molecule has 0 saturated heterocycles. The van der Waals surface area contributed by atoms with Crippen LogP contribution in [0.1, 0.15) is 11.1 Å². The Hall–Kier alpha value is -6.53. The summed E-state index contributed by atoms with van der Waals surface area (Å²) >= 11 is 0. The van der Waals surface area contributed by atoms with Crippen LogP contribution in [0.15, 0.2) is 142 Å². The highest BCUT2D eigenvalue weighted by atomic mass is 16.3. The van der Waals surface area contributed by atoms with Crippen molar-refractivity contribution >= 4 is 50.0 Å². The summed E-state index contributed by atoms with van der Waals surface area (Å²) in [5.41, 5.74) is 10.2. The van der Waals surface area contributed by atoms with Gasteiger partial charge in [-0.25, -0.2) is 15.0 Å². The summed E-state index contributed by atoms with van der Waals surface area (Å²) in [6.45, 7) is 0.740. The van der Waals surface area contributed by atoms with Crippen molar-refractivity contribution < 1.29 is 8.83 Å². The SMILES string of the molecule is C1=Cc2cc3oc4c(-c5cccc6c5oc5ccccc56)ccc(-c5nc(-c6ccccc6)nc(-c6ccccc6)n5)c4c3cc2CN1. The average molecular weight is 619 g/mol. The molecular formula is C42H26N4O2. The Balaban J connectivity index is 1.29. The molecule has 6 nitrogen and oxygen atoms in total. The monoisotopic (exact) mass is 618 g/mol. The molecule has 0 aliphatic carbocycles. The van der Waals surface area contributed by atoms with Crippen LogP contribution in [0.4, 0.5) is 0 Å². The van der Waals surface area contributed by atoms with Gasteiger partial charge >= 0.3 is 0 Å². The molecule has 6 heteroatoms. The van der Waals surface area contributed by atoms with Crippen LogP contribution in [0.2, 0.25) is 0 Å². The molecule has 3 aromatic heterocycles. The topological polar surface area (TPSA) is 77.0 Å². The number of nitrogens with one attached hydrogen (secondary N) is 1. The smallest absolute Gasteiger partial charge is 0.164 e. The molecule has 1 aliphatic rings. The van der Waals surface area contributed by atoms with Crippen LogP contribution in [0, 0.1) is 0 Å². The van der Waals surface area contributed by atoms with Crippen molar-refractivity contribution in [3.63, 3.8) is 0 Å². The molecule has 6 aromatic carbocycles. The van der Waals surface area contributed by atoms with Gasteiger partial charge in [0.1, 0.15) is 22.3 Å². The molecule has 0 fully saturated rings. The van der Waals surface area contributed by atoms with Gasteiger partial charge in [-0.2, -0.15) is 0 Å². The van der Waals surface area contributed by atoms with Crippen LogP contribution in [0.5, 0.6) is 0 Å². The summed E-state index contributed by atoms with van der Waals surface area (Å²) in [5.74, 6) is 1.81. The van der Waals surface area contributed by atoms with Crippen LogP contribution in [0.3, 0.4) is 0 Å². The minimum Gasteiger partial charge on any atom is -0.455 e. The van der Waals surface area contributed by atoms with Crippen molar-refractivity contribution in [2.75, 3.05) is 0 Å². The van der Waals surface area contributed by atoms with Gasteiger partial charge in [0.15, 0.2) is 17.5 Å². The van der Waals surface area contributed by atoms with Crippen molar-refractivity contribution in [3.05, 3.63) is 145 Å². The molecule has 4 heterocycles. The Labute approximate surface area is 275 Å². The summed E-state index contributed by atoms with van der Waals surface area (Å²) < 4.78 is 13.3. The maximum absolute atomic E-state index is 6.85. The number of furan rings is 2. The van der Waals surface area contributed by atoms with E-state index in [1.54, 1.807) is 0 Å². The number of benzene rings is 6. The summed E-state index contributed by atoms with van der Waals surface area (Å²) in [5, 5.41) is 7.48. The number of hydrogen-bond acceptors (Lipinski definition) is 6. The van der Waals surface area contributed by atoms with E-state index in [9.17, 15) is 0 Å². The normalized spacial score (nSPS) is 12.6. The Morgan fingerprint density at radius 2 is 1.15 bits per heavy atom. The van der Waals surface area contributed by atoms with Gasteiger partial charge in [-0.1, -0.05) is 97.1 Å². The number of aromatic nitrogens is 3. The van der Waals surface area contributed by atoms with Crippen molar-refractivity contribution in [1.29, 1.82) is 0 Å². The van der Waals surface area contributed by atoms with Gasteiger partial charge in [0.05, 0.1) is 0 Å². The number of nitrogens with zero attached hydrogens (tertiary/aromatic N) is 3. The Morgan fingerprint density at radius 3 is 1.94 bits per heavy atom. The first-order valence-electron chi connectivity index (χ1n) is 16.0. The highest BCUT2D eigenvalue weighted by molar-refractivity contribution is 6.18. The summed E-state index contributed by atoms with van der Waals surface area (Å²) in [6.07, 6.45) is 4.07. The van der Waals surface area contributed by atoms with E-state index in [1.165, 1.54) is 5.56 Å².